The first-order chi connectivity index (χ1) is 9.45. The van der Waals surface area contributed by atoms with Crippen molar-refractivity contribution in [3.8, 4) is 0 Å². The predicted molar refractivity (Wildman–Crippen MR) is 78.2 cm³/mol. The molecule has 0 aromatic heterocycles. The van der Waals surface area contributed by atoms with E-state index in [1.165, 1.54) is 12.2 Å². The molecule has 0 fully saturated rings. The standard InChI is InChI=1S/3C6H5.Ir/c3*1-2-4-6-5-3-1;/h3*1-5H;. The third-order valence-electron chi connectivity index (χ3n) is 2.73. The first kappa shape index (κ1) is 12.3. The molecule has 3 aromatic carbocycles. The van der Waals surface area contributed by atoms with Crippen LogP contribution in [0.1, 0.15) is 0 Å². The summed E-state index contributed by atoms with van der Waals surface area (Å²) in [6.07, 6.45) is 0. The van der Waals surface area contributed by atoms with E-state index in [2.05, 4.69) is 91.0 Å². The van der Waals surface area contributed by atoms with E-state index in [9.17, 15) is 0 Å². The van der Waals surface area contributed by atoms with Crippen LogP contribution in [0, 0.1) is 0 Å². The molecule has 3 aromatic rings. The van der Waals surface area contributed by atoms with Gasteiger partial charge in [-0.1, -0.05) is 0 Å². The number of hydrogen-bond donors (Lipinski definition) is 0. The molecule has 0 aliphatic rings. The molecule has 0 N–H and O–H groups in total. The van der Waals surface area contributed by atoms with Crippen LogP contribution in [0.2, 0.25) is 0 Å². The Labute approximate surface area is 119 Å². The molecule has 0 spiro atoms. The zero-order valence-electron chi connectivity index (χ0n) is 10.5. The summed E-state index contributed by atoms with van der Waals surface area (Å²) in [5, 5.41) is 0. The van der Waals surface area contributed by atoms with Gasteiger partial charge in [0.2, 0.25) is 0 Å². The molecule has 0 amide bonds. The molecule has 1 heteroatoms. The third kappa shape index (κ3) is 2.84. The van der Waals surface area contributed by atoms with Gasteiger partial charge in [0.25, 0.3) is 0 Å². The van der Waals surface area contributed by atoms with Gasteiger partial charge < -0.3 is 0 Å². The van der Waals surface area contributed by atoms with Gasteiger partial charge in [-0.25, -0.2) is 0 Å². The average Bonchev–Trinajstić information content (AvgIpc) is 2.51. The Balaban J connectivity index is 2.12. The van der Waals surface area contributed by atoms with E-state index in [4.69, 9.17) is 0 Å². The summed E-state index contributed by atoms with van der Waals surface area (Å²) >= 11 is -1.63. The number of benzene rings is 3. The molecule has 3 rings (SSSR count). The van der Waals surface area contributed by atoms with Gasteiger partial charge in [0, 0.05) is 0 Å². The molecular formula is C18H15Ir. The van der Waals surface area contributed by atoms with Crippen LogP contribution in [0.3, 0.4) is 0 Å². The topological polar surface area (TPSA) is 0 Å². The molecule has 19 heavy (non-hydrogen) atoms. The Morgan fingerprint density at radius 3 is 0.895 bits per heavy atom. The second-order valence-electron chi connectivity index (χ2n) is 4.06. The van der Waals surface area contributed by atoms with Crippen molar-refractivity contribution in [2.45, 2.75) is 0 Å². The van der Waals surface area contributed by atoms with E-state index in [1.807, 2.05) is 0 Å². The van der Waals surface area contributed by atoms with Gasteiger partial charge in [0.1, 0.15) is 0 Å². The van der Waals surface area contributed by atoms with Gasteiger partial charge in [-0.05, 0) is 0 Å². The van der Waals surface area contributed by atoms with Crippen LogP contribution < -0.4 is 12.2 Å². The molecular weight excluding hydrogens is 408 g/mol. The molecule has 0 aliphatic heterocycles. The number of rotatable bonds is 3. The Bertz CT molecular complexity index is 524. The Hall–Kier alpha value is -1.69. The minimum atomic E-state index is -1.63. The van der Waals surface area contributed by atoms with Crippen LogP contribution in [0.5, 0.6) is 0 Å². The zero-order valence-corrected chi connectivity index (χ0v) is 12.9. The van der Waals surface area contributed by atoms with Crippen LogP contribution >= 0.6 is 0 Å². The molecule has 0 unspecified atom stereocenters. The first-order valence-electron chi connectivity index (χ1n) is 6.23. The predicted octanol–water partition coefficient (Wildman–Crippen LogP) is 2.58. The van der Waals surface area contributed by atoms with E-state index < -0.39 is 16.5 Å². The first-order valence-corrected chi connectivity index (χ1v) is 9.82. The van der Waals surface area contributed by atoms with Gasteiger partial charge >= 0.3 is 120 Å². The molecule has 0 aliphatic carbocycles. The Kier molecular flexibility index (Phi) is 3.88. The SMILES string of the molecule is c1cc[c]([Ir]([c]2ccccc2)[c]2ccccc2)cc1. The fourth-order valence-electron chi connectivity index (χ4n) is 1.88. The van der Waals surface area contributed by atoms with Crippen LogP contribution in [0.15, 0.2) is 91.0 Å². The van der Waals surface area contributed by atoms with Crippen molar-refractivity contribution in [1.29, 1.82) is 0 Å². The quantitative estimate of drug-likeness (QED) is 0.608. The van der Waals surface area contributed by atoms with Crippen molar-refractivity contribution in [2.75, 3.05) is 0 Å². The van der Waals surface area contributed by atoms with Crippen molar-refractivity contribution in [1.82, 2.24) is 0 Å². The summed E-state index contributed by atoms with van der Waals surface area (Å²) in [4.78, 5) is 0. The average molecular weight is 424 g/mol. The van der Waals surface area contributed by atoms with Crippen LogP contribution in [0.4, 0.5) is 0 Å². The molecule has 0 saturated carbocycles. The monoisotopic (exact) mass is 424 g/mol. The van der Waals surface area contributed by atoms with Crippen LogP contribution in [-0.2, 0) is 16.5 Å². The minimum absolute atomic E-state index is 1.50. The summed E-state index contributed by atoms with van der Waals surface area (Å²) in [5.41, 5.74) is 0. The summed E-state index contributed by atoms with van der Waals surface area (Å²) in [6.45, 7) is 0. The molecule has 96 valence electrons. The molecule has 0 radical (unpaired) electrons. The fraction of sp³-hybridized carbons (Fsp3) is 0. The van der Waals surface area contributed by atoms with Crippen LogP contribution in [-0.4, -0.2) is 0 Å². The molecule has 0 heterocycles. The summed E-state index contributed by atoms with van der Waals surface area (Å²) < 4.78 is 4.50. The van der Waals surface area contributed by atoms with Gasteiger partial charge in [0.15, 0.2) is 0 Å². The Morgan fingerprint density at radius 2 is 0.632 bits per heavy atom. The molecule has 0 atom stereocenters. The van der Waals surface area contributed by atoms with Crippen molar-refractivity contribution in [3.63, 3.8) is 0 Å². The van der Waals surface area contributed by atoms with E-state index in [0.717, 1.165) is 0 Å². The van der Waals surface area contributed by atoms with Gasteiger partial charge in [0.05, 0.1) is 0 Å². The van der Waals surface area contributed by atoms with Gasteiger partial charge in [-0.2, -0.15) is 0 Å². The number of hydrogen-bond acceptors (Lipinski definition) is 0. The summed E-state index contributed by atoms with van der Waals surface area (Å²) in [7, 11) is 0. The van der Waals surface area contributed by atoms with Gasteiger partial charge in [-0.15, -0.1) is 0 Å². The fourth-order valence-corrected chi connectivity index (χ4v) is 8.06. The molecule has 0 bridgehead atoms. The van der Waals surface area contributed by atoms with Crippen molar-refractivity contribution in [3.05, 3.63) is 91.0 Å². The van der Waals surface area contributed by atoms with E-state index in [0.29, 0.717) is 0 Å². The van der Waals surface area contributed by atoms with Crippen molar-refractivity contribution in [2.24, 2.45) is 0 Å². The molecule has 0 saturated heterocycles. The normalized spacial score (nSPS) is 11.1. The van der Waals surface area contributed by atoms with Crippen LogP contribution in [0.25, 0.3) is 0 Å². The maximum atomic E-state index is 2.27. The van der Waals surface area contributed by atoms with E-state index in [-0.39, 0.29) is 0 Å². The second-order valence-corrected chi connectivity index (χ2v) is 10.0. The Morgan fingerprint density at radius 1 is 0.368 bits per heavy atom. The molecule has 0 nitrogen and oxygen atoms in total. The van der Waals surface area contributed by atoms with Crippen molar-refractivity contribution < 1.29 is 16.5 Å². The summed E-state index contributed by atoms with van der Waals surface area (Å²) in [5.74, 6) is 0. The van der Waals surface area contributed by atoms with E-state index >= 15 is 0 Å². The van der Waals surface area contributed by atoms with Crippen molar-refractivity contribution >= 4 is 12.2 Å². The summed E-state index contributed by atoms with van der Waals surface area (Å²) in [6, 6.07) is 32.8. The zero-order chi connectivity index (χ0) is 12.9. The van der Waals surface area contributed by atoms with Gasteiger partial charge in [-0.3, -0.25) is 0 Å². The van der Waals surface area contributed by atoms with E-state index in [1.54, 1.807) is 0 Å². The third-order valence-corrected chi connectivity index (χ3v) is 9.28. The second kappa shape index (κ2) is 5.97. The maximum absolute atomic E-state index is 2.27.